The fraction of sp³-hybridized carbons (Fsp3) is 0.909. The molecular formula is C11H20ClF3N2O2. The summed E-state index contributed by atoms with van der Waals surface area (Å²) < 4.78 is 40.9. The summed E-state index contributed by atoms with van der Waals surface area (Å²) in [5.74, 6) is -0.573. The van der Waals surface area contributed by atoms with E-state index < -0.39 is 24.9 Å². The van der Waals surface area contributed by atoms with Gasteiger partial charge in [-0.1, -0.05) is 0 Å². The van der Waals surface area contributed by atoms with E-state index in [9.17, 15) is 18.0 Å². The first-order valence-corrected chi connectivity index (χ1v) is 5.94. The summed E-state index contributed by atoms with van der Waals surface area (Å²) in [5, 5.41) is 5.78. The van der Waals surface area contributed by atoms with Gasteiger partial charge < -0.3 is 15.4 Å². The van der Waals surface area contributed by atoms with Crippen LogP contribution >= 0.6 is 12.4 Å². The fourth-order valence-electron chi connectivity index (χ4n) is 2.08. The topological polar surface area (TPSA) is 50.4 Å². The molecule has 8 heteroatoms. The second-order valence-electron chi connectivity index (χ2n) is 4.64. The summed E-state index contributed by atoms with van der Waals surface area (Å²) >= 11 is 0. The summed E-state index contributed by atoms with van der Waals surface area (Å²) in [6.45, 7) is 1.58. The molecule has 0 aromatic carbocycles. The molecule has 0 saturated carbocycles. The Bertz CT molecular complexity index is 282. The monoisotopic (exact) mass is 304 g/mol. The maximum absolute atomic E-state index is 11.9. The second-order valence-corrected chi connectivity index (χ2v) is 4.64. The number of rotatable bonds is 6. The standard InChI is InChI=1S/C11H19F3N2O2.ClH/c1-18-8-10(4-2-6-16-10)7-15-9(17)3-5-11(12,13)14;/h16H,2-8H2,1H3,(H,15,17);1H. The molecule has 0 spiro atoms. The fourth-order valence-corrected chi connectivity index (χ4v) is 2.08. The third-order valence-corrected chi connectivity index (χ3v) is 3.01. The molecule has 1 atom stereocenters. The van der Waals surface area contributed by atoms with Crippen molar-refractivity contribution in [1.82, 2.24) is 10.6 Å². The minimum atomic E-state index is -4.28. The van der Waals surface area contributed by atoms with Gasteiger partial charge in [-0.2, -0.15) is 13.2 Å². The van der Waals surface area contributed by atoms with Gasteiger partial charge in [0.05, 0.1) is 18.6 Å². The van der Waals surface area contributed by atoms with E-state index in [1.807, 2.05) is 0 Å². The van der Waals surface area contributed by atoms with Crippen LogP contribution in [0.3, 0.4) is 0 Å². The van der Waals surface area contributed by atoms with Crippen molar-refractivity contribution in [3.63, 3.8) is 0 Å². The average molecular weight is 305 g/mol. The second kappa shape index (κ2) is 7.91. The Balaban J connectivity index is 0.00000324. The van der Waals surface area contributed by atoms with Crippen molar-refractivity contribution in [2.75, 3.05) is 26.8 Å². The number of carbonyl (C=O) groups is 1. The lowest BCUT2D eigenvalue weighted by molar-refractivity contribution is -0.144. The van der Waals surface area contributed by atoms with Crippen LogP contribution in [0.1, 0.15) is 25.7 Å². The van der Waals surface area contributed by atoms with Crippen molar-refractivity contribution in [3.8, 4) is 0 Å². The number of ether oxygens (including phenoxy) is 1. The van der Waals surface area contributed by atoms with Crippen LogP contribution in [0.2, 0.25) is 0 Å². The summed E-state index contributed by atoms with van der Waals surface area (Å²) in [5.41, 5.74) is -0.331. The van der Waals surface area contributed by atoms with Gasteiger partial charge in [-0.05, 0) is 19.4 Å². The Hall–Kier alpha value is -0.530. The van der Waals surface area contributed by atoms with Crippen molar-refractivity contribution in [1.29, 1.82) is 0 Å². The van der Waals surface area contributed by atoms with E-state index >= 15 is 0 Å². The average Bonchev–Trinajstić information content (AvgIpc) is 2.72. The lowest BCUT2D eigenvalue weighted by Gasteiger charge is -2.29. The molecule has 1 aliphatic rings. The van der Waals surface area contributed by atoms with Crippen molar-refractivity contribution in [2.24, 2.45) is 0 Å². The molecule has 1 rings (SSSR count). The van der Waals surface area contributed by atoms with Crippen molar-refractivity contribution >= 4 is 18.3 Å². The first-order chi connectivity index (χ1) is 8.37. The van der Waals surface area contributed by atoms with Crippen LogP contribution in [-0.4, -0.2) is 44.4 Å². The van der Waals surface area contributed by atoms with Gasteiger partial charge in [-0.3, -0.25) is 4.79 Å². The van der Waals surface area contributed by atoms with Crippen LogP contribution < -0.4 is 10.6 Å². The molecule has 19 heavy (non-hydrogen) atoms. The van der Waals surface area contributed by atoms with Crippen molar-refractivity contribution in [3.05, 3.63) is 0 Å². The number of carbonyl (C=O) groups excluding carboxylic acids is 1. The highest BCUT2D eigenvalue weighted by Crippen LogP contribution is 2.22. The number of methoxy groups -OCH3 is 1. The molecule has 0 aromatic rings. The largest absolute Gasteiger partial charge is 0.389 e. The smallest absolute Gasteiger partial charge is 0.383 e. The quantitative estimate of drug-likeness (QED) is 0.784. The van der Waals surface area contributed by atoms with E-state index in [0.29, 0.717) is 13.2 Å². The molecule has 1 aliphatic heterocycles. The summed E-state index contributed by atoms with van der Waals surface area (Å²) in [6.07, 6.45) is -4.06. The van der Waals surface area contributed by atoms with Crippen LogP contribution in [0.5, 0.6) is 0 Å². The van der Waals surface area contributed by atoms with Crippen LogP contribution in [-0.2, 0) is 9.53 Å². The Morgan fingerprint density at radius 2 is 2.16 bits per heavy atom. The molecular weight excluding hydrogens is 285 g/mol. The van der Waals surface area contributed by atoms with E-state index in [-0.39, 0.29) is 17.9 Å². The van der Waals surface area contributed by atoms with Crippen LogP contribution in [0.25, 0.3) is 0 Å². The summed E-state index contributed by atoms with van der Waals surface area (Å²) in [7, 11) is 1.56. The van der Waals surface area contributed by atoms with Crippen molar-refractivity contribution in [2.45, 2.75) is 37.4 Å². The van der Waals surface area contributed by atoms with Gasteiger partial charge in [0, 0.05) is 20.1 Å². The van der Waals surface area contributed by atoms with Gasteiger partial charge in [0.25, 0.3) is 0 Å². The third-order valence-electron chi connectivity index (χ3n) is 3.01. The number of amides is 1. The summed E-state index contributed by atoms with van der Waals surface area (Å²) in [6, 6.07) is 0. The Kier molecular flexibility index (Phi) is 7.69. The zero-order valence-corrected chi connectivity index (χ0v) is 11.6. The highest BCUT2D eigenvalue weighted by Gasteiger charge is 2.34. The molecule has 1 unspecified atom stereocenters. The Morgan fingerprint density at radius 3 is 2.63 bits per heavy atom. The predicted molar refractivity (Wildman–Crippen MR) is 67.4 cm³/mol. The first-order valence-electron chi connectivity index (χ1n) is 5.94. The van der Waals surface area contributed by atoms with E-state index in [0.717, 1.165) is 19.4 Å². The van der Waals surface area contributed by atoms with Crippen LogP contribution in [0, 0.1) is 0 Å². The molecule has 114 valence electrons. The molecule has 2 N–H and O–H groups in total. The van der Waals surface area contributed by atoms with Crippen LogP contribution in [0.15, 0.2) is 0 Å². The molecule has 1 saturated heterocycles. The zero-order valence-electron chi connectivity index (χ0n) is 10.8. The SMILES string of the molecule is COCC1(CNC(=O)CCC(F)(F)F)CCCN1.Cl. The Labute approximate surface area is 116 Å². The molecule has 0 radical (unpaired) electrons. The van der Waals surface area contributed by atoms with E-state index in [2.05, 4.69) is 10.6 Å². The van der Waals surface area contributed by atoms with Crippen LogP contribution in [0.4, 0.5) is 13.2 Å². The lowest BCUT2D eigenvalue weighted by Crippen LogP contribution is -2.53. The minimum absolute atomic E-state index is 0. The normalized spacial score (nSPS) is 22.9. The molecule has 1 amide bonds. The van der Waals surface area contributed by atoms with E-state index in [4.69, 9.17) is 4.74 Å². The maximum atomic E-state index is 11.9. The lowest BCUT2D eigenvalue weighted by atomic mass is 9.98. The van der Waals surface area contributed by atoms with Gasteiger partial charge in [0.1, 0.15) is 0 Å². The highest BCUT2D eigenvalue weighted by atomic mass is 35.5. The number of hydrogen-bond donors (Lipinski definition) is 2. The van der Waals surface area contributed by atoms with Crippen molar-refractivity contribution < 1.29 is 22.7 Å². The number of hydrogen-bond acceptors (Lipinski definition) is 3. The molecule has 1 heterocycles. The number of nitrogens with one attached hydrogen (secondary N) is 2. The van der Waals surface area contributed by atoms with Gasteiger partial charge in [0.2, 0.25) is 5.91 Å². The zero-order chi connectivity index (χ0) is 13.6. The maximum Gasteiger partial charge on any atom is 0.389 e. The van der Waals surface area contributed by atoms with E-state index in [1.54, 1.807) is 7.11 Å². The summed E-state index contributed by atoms with van der Waals surface area (Å²) in [4.78, 5) is 11.3. The first kappa shape index (κ1) is 18.5. The van der Waals surface area contributed by atoms with Gasteiger partial charge in [-0.15, -0.1) is 12.4 Å². The molecule has 0 bridgehead atoms. The highest BCUT2D eigenvalue weighted by molar-refractivity contribution is 5.85. The van der Waals surface area contributed by atoms with E-state index in [1.165, 1.54) is 0 Å². The number of alkyl halides is 3. The third kappa shape index (κ3) is 6.98. The minimum Gasteiger partial charge on any atom is -0.383 e. The molecule has 0 aliphatic carbocycles. The number of halogens is 4. The van der Waals surface area contributed by atoms with Gasteiger partial charge >= 0.3 is 6.18 Å². The molecule has 0 aromatic heterocycles. The molecule has 1 fully saturated rings. The van der Waals surface area contributed by atoms with Gasteiger partial charge in [0.15, 0.2) is 0 Å². The predicted octanol–water partition coefficient (Wildman–Crippen LogP) is 1.64. The molecule has 4 nitrogen and oxygen atoms in total. The van der Waals surface area contributed by atoms with Gasteiger partial charge in [-0.25, -0.2) is 0 Å². The Morgan fingerprint density at radius 1 is 1.47 bits per heavy atom.